The molecule has 1 saturated heterocycles. The van der Waals surface area contributed by atoms with Gasteiger partial charge in [0.25, 0.3) is 5.56 Å². The monoisotopic (exact) mass is 416 g/mol. The molecule has 11 heteroatoms. The first-order valence-corrected chi connectivity index (χ1v) is 9.77. The summed E-state index contributed by atoms with van der Waals surface area (Å²) in [6.07, 6.45) is -4.00. The van der Waals surface area contributed by atoms with Gasteiger partial charge in [0.2, 0.25) is 0 Å². The van der Waals surface area contributed by atoms with E-state index in [9.17, 15) is 27.6 Å². The van der Waals surface area contributed by atoms with Crippen LogP contribution in [0, 0.1) is 12.8 Å². The largest absolute Gasteiger partial charge is 0.406 e. The highest BCUT2D eigenvalue weighted by atomic mass is 32.1. The Morgan fingerprint density at radius 2 is 1.93 bits per heavy atom. The number of rotatable bonds is 4. The smallest absolute Gasteiger partial charge is 0.336 e. The van der Waals surface area contributed by atoms with Crippen molar-refractivity contribution in [3.05, 3.63) is 31.3 Å². The maximum absolute atomic E-state index is 13.2. The van der Waals surface area contributed by atoms with E-state index in [4.69, 9.17) is 0 Å². The fraction of sp³-hybridized carbons (Fsp3) is 0.588. The number of alkyl halides is 3. The number of hydrogen-bond donors (Lipinski definition) is 1. The summed E-state index contributed by atoms with van der Waals surface area (Å²) in [7, 11) is 0. The quantitative estimate of drug-likeness (QED) is 0.830. The van der Waals surface area contributed by atoms with Gasteiger partial charge in [0.1, 0.15) is 11.4 Å². The van der Waals surface area contributed by atoms with Crippen molar-refractivity contribution >= 4 is 27.6 Å². The zero-order valence-electron chi connectivity index (χ0n) is 15.3. The molecule has 2 unspecified atom stereocenters. The number of fused-ring (bicyclic) bond motifs is 1. The van der Waals surface area contributed by atoms with Gasteiger partial charge in [-0.2, -0.15) is 13.2 Å². The minimum absolute atomic E-state index is 0.0176. The minimum atomic E-state index is -4.60. The first-order chi connectivity index (χ1) is 13.1. The van der Waals surface area contributed by atoms with E-state index >= 15 is 0 Å². The SMILES string of the molecule is Cc1c(CN2CCNC2=O)sc2c1c(=O)n(C1CC1C)c(=O)n2CC(F)(F)F. The van der Waals surface area contributed by atoms with Crippen molar-refractivity contribution in [1.29, 1.82) is 0 Å². The van der Waals surface area contributed by atoms with Crippen molar-refractivity contribution < 1.29 is 18.0 Å². The fourth-order valence-corrected chi connectivity index (χ4v) is 4.97. The number of urea groups is 1. The standard InChI is InChI=1S/C17H19F3N4O3S/c1-8-5-10(8)24-13(25)12-9(2)11(6-22-4-3-21-15(22)26)28-14(12)23(16(24)27)7-17(18,19)20/h8,10H,3-7H2,1-2H3,(H,21,26). The number of hydrogen-bond acceptors (Lipinski definition) is 4. The molecule has 7 nitrogen and oxygen atoms in total. The number of nitrogens with one attached hydrogen (secondary N) is 1. The Morgan fingerprint density at radius 1 is 1.25 bits per heavy atom. The summed E-state index contributed by atoms with van der Waals surface area (Å²) in [5, 5.41) is 2.81. The number of thiophene rings is 1. The maximum atomic E-state index is 13.2. The topological polar surface area (TPSA) is 76.3 Å². The summed E-state index contributed by atoms with van der Waals surface area (Å²) in [6, 6.07) is -0.621. The molecule has 1 saturated carbocycles. The van der Waals surface area contributed by atoms with Crippen molar-refractivity contribution in [2.75, 3.05) is 13.1 Å². The zero-order chi connectivity index (χ0) is 20.4. The molecule has 1 N–H and O–H groups in total. The molecule has 1 aliphatic carbocycles. The number of aryl methyl sites for hydroxylation is 1. The molecule has 1 aliphatic heterocycles. The van der Waals surface area contributed by atoms with Crippen LogP contribution in [0.4, 0.5) is 18.0 Å². The lowest BCUT2D eigenvalue weighted by Gasteiger charge is -2.13. The predicted octanol–water partition coefficient (Wildman–Crippen LogP) is 2.20. The van der Waals surface area contributed by atoms with Crippen LogP contribution in [0.25, 0.3) is 10.2 Å². The van der Waals surface area contributed by atoms with Gasteiger partial charge in [-0.1, -0.05) is 6.92 Å². The summed E-state index contributed by atoms with van der Waals surface area (Å²) < 4.78 is 41.1. The first kappa shape index (κ1) is 19.0. The number of amides is 2. The summed E-state index contributed by atoms with van der Waals surface area (Å²) in [5.74, 6) is 0.0777. The number of nitrogens with zero attached hydrogens (tertiary/aromatic N) is 3. The molecule has 4 rings (SSSR count). The van der Waals surface area contributed by atoms with Gasteiger partial charge in [0, 0.05) is 24.0 Å². The molecule has 152 valence electrons. The van der Waals surface area contributed by atoms with Crippen LogP contribution in [0.1, 0.15) is 29.8 Å². The Bertz CT molecular complexity index is 1080. The maximum Gasteiger partial charge on any atom is 0.406 e. The average molecular weight is 416 g/mol. The highest BCUT2D eigenvalue weighted by Crippen LogP contribution is 2.41. The lowest BCUT2D eigenvalue weighted by atomic mass is 10.2. The van der Waals surface area contributed by atoms with Crippen LogP contribution in [0.2, 0.25) is 0 Å². The van der Waals surface area contributed by atoms with Crippen molar-refractivity contribution in [3.8, 4) is 0 Å². The number of aromatic nitrogens is 2. The van der Waals surface area contributed by atoms with E-state index in [1.165, 1.54) is 4.90 Å². The van der Waals surface area contributed by atoms with Gasteiger partial charge in [-0.25, -0.2) is 9.59 Å². The van der Waals surface area contributed by atoms with E-state index in [1.54, 1.807) is 6.92 Å². The van der Waals surface area contributed by atoms with Crippen LogP contribution >= 0.6 is 11.3 Å². The van der Waals surface area contributed by atoms with Crippen molar-refractivity contribution in [1.82, 2.24) is 19.4 Å². The van der Waals surface area contributed by atoms with Gasteiger partial charge in [-0.15, -0.1) is 11.3 Å². The molecule has 2 aromatic rings. The normalized spacial score (nSPS) is 22.2. The third kappa shape index (κ3) is 3.11. The van der Waals surface area contributed by atoms with E-state index in [0.717, 1.165) is 15.9 Å². The Morgan fingerprint density at radius 3 is 2.46 bits per heavy atom. The van der Waals surface area contributed by atoms with Gasteiger partial charge < -0.3 is 10.2 Å². The average Bonchev–Trinajstić information content (AvgIpc) is 3.00. The van der Waals surface area contributed by atoms with Crippen LogP contribution in [0.3, 0.4) is 0 Å². The molecule has 0 bridgehead atoms. The lowest BCUT2D eigenvalue weighted by Crippen LogP contribution is -2.41. The van der Waals surface area contributed by atoms with Crippen LogP contribution in [0.5, 0.6) is 0 Å². The number of halogens is 3. The second-order valence-corrected chi connectivity index (χ2v) is 8.51. The number of carbonyl (C=O) groups is 1. The second-order valence-electron chi connectivity index (χ2n) is 7.42. The molecule has 2 atom stereocenters. The van der Waals surface area contributed by atoms with Gasteiger partial charge in [-0.3, -0.25) is 13.9 Å². The van der Waals surface area contributed by atoms with E-state index in [0.29, 0.717) is 34.5 Å². The van der Waals surface area contributed by atoms with E-state index in [-0.39, 0.29) is 34.8 Å². The Labute approximate surface area is 161 Å². The van der Waals surface area contributed by atoms with Crippen LogP contribution in [-0.2, 0) is 13.1 Å². The van der Waals surface area contributed by atoms with Gasteiger partial charge >= 0.3 is 17.9 Å². The zero-order valence-corrected chi connectivity index (χ0v) is 16.1. The van der Waals surface area contributed by atoms with E-state index < -0.39 is 24.0 Å². The molecule has 2 amide bonds. The molecule has 0 aromatic carbocycles. The lowest BCUT2D eigenvalue weighted by molar-refractivity contribution is -0.140. The molecule has 3 heterocycles. The summed E-state index contributed by atoms with van der Waals surface area (Å²) in [6.45, 7) is 3.22. The molecular weight excluding hydrogens is 397 g/mol. The predicted molar refractivity (Wildman–Crippen MR) is 97.8 cm³/mol. The van der Waals surface area contributed by atoms with Crippen LogP contribution < -0.4 is 16.6 Å². The summed E-state index contributed by atoms with van der Waals surface area (Å²) in [5.41, 5.74) is -0.933. The first-order valence-electron chi connectivity index (χ1n) is 8.95. The van der Waals surface area contributed by atoms with Crippen molar-refractivity contribution in [3.63, 3.8) is 0 Å². The minimum Gasteiger partial charge on any atom is -0.336 e. The molecule has 0 spiro atoms. The summed E-state index contributed by atoms with van der Waals surface area (Å²) in [4.78, 5) is 39.8. The Balaban J connectivity index is 1.92. The second kappa shape index (κ2) is 6.36. The number of carbonyl (C=O) groups excluding carboxylic acids is 1. The van der Waals surface area contributed by atoms with Gasteiger partial charge in [0.05, 0.1) is 11.9 Å². The highest BCUT2D eigenvalue weighted by molar-refractivity contribution is 7.18. The molecule has 2 fully saturated rings. The third-order valence-corrected chi connectivity index (χ3v) is 6.66. The van der Waals surface area contributed by atoms with E-state index in [2.05, 4.69) is 5.32 Å². The van der Waals surface area contributed by atoms with Crippen LogP contribution in [0.15, 0.2) is 9.59 Å². The molecule has 2 aliphatic rings. The third-order valence-electron chi connectivity index (χ3n) is 5.36. The molecule has 28 heavy (non-hydrogen) atoms. The van der Waals surface area contributed by atoms with Crippen LogP contribution in [-0.4, -0.2) is 39.3 Å². The Hall–Kier alpha value is -2.30. The molecule has 2 aromatic heterocycles. The summed E-state index contributed by atoms with van der Waals surface area (Å²) >= 11 is 0.978. The van der Waals surface area contributed by atoms with E-state index in [1.807, 2.05) is 6.92 Å². The molecule has 0 radical (unpaired) electrons. The molecular formula is C17H19F3N4O3S. The fourth-order valence-electron chi connectivity index (χ4n) is 3.67. The van der Waals surface area contributed by atoms with Crippen molar-refractivity contribution in [2.24, 2.45) is 5.92 Å². The van der Waals surface area contributed by atoms with Gasteiger partial charge in [0.15, 0.2) is 0 Å². The highest BCUT2D eigenvalue weighted by Gasteiger charge is 2.39. The van der Waals surface area contributed by atoms with Crippen molar-refractivity contribution in [2.45, 2.75) is 45.6 Å². The van der Waals surface area contributed by atoms with Gasteiger partial charge in [-0.05, 0) is 24.8 Å². The Kier molecular flexibility index (Phi) is 4.32.